The number of ether oxygens (including phenoxy) is 1. The second-order valence-electron chi connectivity index (χ2n) is 8.21. The van der Waals surface area contributed by atoms with E-state index in [2.05, 4.69) is 20.7 Å². The second kappa shape index (κ2) is 13.4. The van der Waals surface area contributed by atoms with Crippen LogP contribution in [0.1, 0.15) is 54.4 Å². The molecule has 0 spiro atoms. The zero-order chi connectivity index (χ0) is 23.3. The highest BCUT2D eigenvalue weighted by Gasteiger charge is 2.26. The highest BCUT2D eigenvalue weighted by atomic mass is 16.5. The Morgan fingerprint density at radius 3 is 2.52 bits per heavy atom. The van der Waals surface area contributed by atoms with Crippen molar-refractivity contribution in [2.24, 2.45) is 5.10 Å². The Morgan fingerprint density at radius 1 is 1.03 bits per heavy atom. The molecule has 2 aromatic carbocycles. The van der Waals surface area contributed by atoms with Gasteiger partial charge in [0.1, 0.15) is 5.75 Å². The van der Waals surface area contributed by atoms with E-state index in [1.807, 2.05) is 42.5 Å². The number of hydrazone groups is 1. The summed E-state index contributed by atoms with van der Waals surface area (Å²) >= 11 is 0. The summed E-state index contributed by atoms with van der Waals surface area (Å²) in [5.74, 6) is 0.559. The number of hydrogen-bond donors (Lipinski definition) is 2. The molecule has 1 aliphatic rings. The molecule has 1 fully saturated rings. The van der Waals surface area contributed by atoms with Crippen molar-refractivity contribution in [2.75, 3.05) is 26.7 Å². The Bertz CT molecular complexity index is 911. The number of carbonyl (C=O) groups is 2. The van der Waals surface area contributed by atoms with Gasteiger partial charge in [0.2, 0.25) is 0 Å². The number of piperidine rings is 1. The first-order valence-electron chi connectivity index (χ1n) is 11.7. The zero-order valence-corrected chi connectivity index (χ0v) is 19.3. The molecule has 1 aliphatic heterocycles. The fourth-order valence-corrected chi connectivity index (χ4v) is 4.08. The van der Waals surface area contributed by atoms with Gasteiger partial charge in [0.25, 0.3) is 11.8 Å². The summed E-state index contributed by atoms with van der Waals surface area (Å²) in [5, 5.41) is 7.14. The Labute approximate surface area is 196 Å². The first-order valence-corrected chi connectivity index (χ1v) is 11.7. The molecule has 0 radical (unpaired) electrons. The molecule has 0 aromatic heterocycles. The number of nitrogens with one attached hydrogen (secondary N) is 2. The average Bonchev–Trinajstić information content (AvgIpc) is 2.87. The Morgan fingerprint density at radius 2 is 1.76 bits per heavy atom. The van der Waals surface area contributed by atoms with Gasteiger partial charge in [0.15, 0.2) is 0 Å². The van der Waals surface area contributed by atoms with E-state index >= 15 is 0 Å². The van der Waals surface area contributed by atoms with Crippen LogP contribution in [0.5, 0.6) is 5.75 Å². The summed E-state index contributed by atoms with van der Waals surface area (Å²) in [5.41, 5.74) is 4.20. The number of rotatable bonds is 11. The van der Waals surface area contributed by atoms with Crippen LogP contribution in [0, 0.1) is 0 Å². The normalized spacial score (nSPS) is 15.2. The van der Waals surface area contributed by atoms with E-state index in [-0.39, 0.29) is 17.9 Å². The molecule has 176 valence electrons. The lowest BCUT2D eigenvalue weighted by molar-refractivity contribution is -0.127. The number of benzene rings is 2. The van der Waals surface area contributed by atoms with Crippen LogP contribution in [0.4, 0.5) is 0 Å². The van der Waals surface area contributed by atoms with Crippen LogP contribution in [0.3, 0.4) is 0 Å². The van der Waals surface area contributed by atoms with Gasteiger partial charge >= 0.3 is 0 Å². The number of carbonyl (C=O) groups excluding carboxylic acids is 2. The molecule has 2 N–H and O–H groups in total. The largest absolute Gasteiger partial charge is 0.496 e. The minimum atomic E-state index is -0.218. The zero-order valence-electron chi connectivity index (χ0n) is 19.3. The van der Waals surface area contributed by atoms with Crippen molar-refractivity contribution >= 4 is 18.0 Å². The van der Waals surface area contributed by atoms with Crippen LogP contribution in [-0.4, -0.2) is 55.7 Å². The minimum Gasteiger partial charge on any atom is -0.496 e. The smallest absolute Gasteiger partial charge is 0.257 e. The molecule has 1 heterocycles. The fraction of sp³-hybridized carbons (Fsp3) is 0.423. The number of methoxy groups -OCH3 is 1. The molecule has 0 aliphatic carbocycles. The highest BCUT2D eigenvalue weighted by molar-refractivity contribution is 5.94. The summed E-state index contributed by atoms with van der Waals surface area (Å²) < 4.78 is 5.32. The van der Waals surface area contributed by atoms with Crippen molar-refractivity contribution < 1.29 is 14.3 Å². The van der Waals surface area contributed by atoms with E-state index in [4.69, 9.17) is 4.74 Å². The molecule has 0 bridgehead atoms. The van der Waals surface area contributed by atoms with Gasteiger partial charge in [0, 0.05) is 17.7 Å². The lowest BCUT2D eigenvalue weighted by atomic mass is 10.0. The summed E-state index contributed by atoms with van der Waals surface area (Å²) in [6.45, 7) is 2.45. The minimum absolute atomic E-state index is 0.0633. The Hall–Kier alpha value is -3.19. The lowest BCUT2D eigenvalue weighted by Gasteiger charge is -2.33. The molecule has 33 heavy (non-hydrogen) atoms. The van der Waals surface area contributed by atoms with Crippen molar-refractivity contribution in [3.63, 3.8) is 0 Å². The van der Waals surface area contributed by atoms with Gasteiger partial charge in [-0.05, 0) is 69.5 Å². The fourth-order valence-electron chi connectivity index (χ4n) is 4.08. The first-order chi connectivity index (χ1) is 16.2. The molecule has 0 unspecified atom stereocenters. The van der Waals surface area contributed by atoms with Crippen LogP contribution >= 0.6 is 0 Å². The Kier molecular flexibility index (Phi) is 9.91. The van der Waals surface area contributed by atoms with E-state index < -0.39 is 0 Å². The van der Waals surface area contributed by atoms with Crippen LogP contribution in [-0.2, 0) is 4.79 Å². The van der Waals surface area contributed by atoms with Gasteiger partial charge in [-0.3, -0.25) is 14.5 Å². The van der Waals surface area contributed by atoms with E-state index in [0.717, 1.165) is 50.8 Å². The first kappa shape index (κ1) is 24.5. The van der Waals surface area contributed by atoms with Gasteiger partial charge in [-0.25, -0.2) is 5.43 Å². The van der Waals surface area contributed by atoms with E-state index in [1.165, 1.54) is 6.42 Å². The van der Waals surface area contributed by atoms with Crippen molar-refractivity contribution in [1.82, 2.24) is 15.6 Å². The maximum absolute atomic E-state index is 13.0. The molecule has 7 nitrogen and oxygen atoms in total. The van der Waals surface area contributed by atoms with Crippen molar-refractivity contribution in [1.29, 1.82) is 0 Å². The van der Waals surface area contributed by atoms with Gasteiger partial charge in [-0.2, -0.15) is 5.10 Å². The predicted molar refractivity (Wildman–Crippen MR) is 131 cm³/mol. The highest BCUT2D eigenvalue weighted by Crippen LogP contribution is 2.17. The monoisotopic (exact) mass is 450 g/mol. The maximum atomic E-state index is 13.0. The van der Waals surface area contributed by atoms with Crippen LogP contribution < -0.4 is 15.5 Å². The molecule has 1 atom stereocenters. The standard InChI is InChI=1S/C26H34N4O3/c1-33-24-16-7-6-14-22(24)20-28-29-26(32)23(30-18-10-3-11-19-30)15-8-9-17-27-25(31)21-12-4-2-5-13-21/h2,4-7,12-14,16,20,23H,3,8-11,15,17-19H2,1H3,(H,27,31)(H,29,32)/b28-20+/t23-/m1/s1. The van der Waals surface area contributed by atoms with Gasteiger partial charge in [0.05, 0.1) is 19.4 Å². The Balaban J connectivity index is 1.49. The second-order valence-corrected chi connectivity index (χ2v) is 8.21. The molecule has 3 rings (SSSR count). The summed E-state index contributed by atoms with van der Waals surface area (Å²) in [6.07, 6.45) is 7.45. The topological polar surface area (TPSA) is 83.0 Å². The van der Waals surface area contributed by atoms with E-state index in [9.17, 15) is 9.59 Å². The third-order valence-electron chi connectivity index (χ3n) is 5.88. The number of hydrogen-bond acceptors (Lipinski definition) is 5. The van der Waals surface area contributed by atoms with Crippen LogP contribution in [0.15, 0.2) is 59.7 Å². The van der Waals surface area contributed by atoms with Crippen molar-refractivity contribution in [3.8, 4) is 5.75 Å². The SMILES string of the molecule is COc1ccccc1/C=N/NC(=O)[C@@H](CCCCNC(=O)c1ccccc1)N1CCCCC1. The molecule has 1 saturated heterocycles. The quantitative estimate of drug-likeness (QED) is 0.311. The van der Waals surface area contributed by atoms with E-state index in [1.54, 1.807) is 25.5 Å². The summed E-state index contributed by atoms with van der Waals surface area (Å²) in [7, 11) is 1.61. The van der Waals surface area contributed by atoms with Gasteiger partial charge in [-0.15, -0.1) is 0 Å². The number of amides is 2. The summed E-state index contributed by atoms with van der Waals surface area (Å²) in [4.78, 5) is 27.4. The number of nitrogens with zero attached hydrogens (tertiary/aromatic N) is 2. The predicted octanol–water partition coefficient (Wildman–Crippen LogP) is 3.60. The summed E-state index contributed by atoms with van der Waals surface area (Å²) in [6, 6.07) is 16.5. The molecular weight excluding hydrogens is 416 g/mol. The number of likely N-dealkylation sites (tertiary alicyclic amines) is 1. The van der Waals surface area contributed by atoms with Crippen molar-refractivity contribution in [2.45, 2.75) is 44.6 Å². The maximum Gasteiger partial charge on any atom is 0.257 e. The van der Waals surface area contributed by atoms with E-state index in [0.29, 0.717) is 17.9 Å². The number of unbranched alkanes of at least 4 members (excludes halogenated alkanes) is 1. The molecular formula is C26H34N4O3. The average molecular weight is 451 g/mol. The molecule has 0 saturated carbocycles. The van der Waals surface area contributed by atoms with Gasteiger partial charge < -0.3 is 10.1 Å². The molecule has 7 heteroatoms. The van der Waals surface area contributed by atoms with Crippen LogP contribution in [0.25, 0.3) is 0 Å². The van der Waals surface area contributed by atoms with Crippen molar-refractivity contribution in [3.05, 3.63) is 65.7 Å². The molecule has 2 amide bonds. The molecule has 2 aromatic rings. The lowest BCUT2D eigenvalue weighted by Crippen LogP contribution is -2.47. The van der Waals surface area contributed by atoms with Gasteiger partial charge in [-0.1, -0.05) is 36.8 Å². The third-order valence-corrected chi connectivity index (χ3v) is 5.88. The number of para-hydroxylation sites is 1. The van der Waals surface area contributed by atoms with Crippen LogP contribution in [0.2, 0.25) is 0 Å². The third kappa shape index (κ3) is 7.71.